The molecule has 9 nitrogen and oxygen atoms in total. The Bertz CT molecular complexity index is 916. The summed E-state index contributed by atoms with van der Waals surface area (Å²) in [6.07, 6.45) is 11.8. The Morgan fingerprint density at radius 2 is 1.97 bits per heavy atom. The summed E-state index contributed by atoms with van der Waals surface area (Å²) in [5, 5.41) is 29.3. The van der Waals surface area contributed by atoms with Crippen LogP contribution in [-0.2, 0) is 6.54 Å². The van der Waals surface area contributed by atoms with Crippen molar-refractivity contribution in [1.29, 1.82) is 0 Å². The monoisotopic (exact) mass is 426 g/mol. The molecule has 31 heavy (non-hydrogen) atoms. The first-order valence-corrected chi connectivity index (χ1v) is 11.1. The zero-order chi connectivity index (χ0) is 21.6. The Hall–Kier alpha value is -2.94. The molecule has 0 bridgehead atoms. The average molecular weight is 427 g/mol. The van der Waals surface area contributed by atoms with Crippen molar-refractivity contribution in [2.24, 2.45) is 11.8 Å². The van der Waals surface area contributed by atoms with Crippen LogP contribution in [0.25, 0.3) is 5.57 Å². The number of allylic oxidation sites excluding steroid dienone is 1. The standard InChI is InChI=1S/C22H32N7O2/c1-23-12-18(16-8-9-16)20-26-21(24-11-15-5-4-10-29(31)13-15)28-22(27-20)25-19-7-3-2-6-17(19)14-30/h4-5,10,12-13,16-17,19,23,30-31H,2-3,6-9,11,14H2,1H3,(H2,24,25,26,27,28)/q+1/t17-,19-/m0/s1. The van der Waals surface area contributed by atoms with Gasteiger partial charge in [-0.2, -0.15) is 15.0 Å². The molecule has 2 aromatic rings. The number of pyridine rings is 1. The first-order chi connectivity index (χ1) is 15.2. The van der Waals surface area contributed by atoms with Crippen LogP contribution >= 0.6 is 0 Å². The molecule has 2 heterocycles. The van der Waals surface area contributed by atoms with Crippen LogP contribution in [0.4, 0.5) is 11.9 Å². The Labute approximate surface area is 182 Å². The van der Waals surface area contributed by atoms with Crippen LogP contribution in [0.1, 0.15) is 49.9 Å². The maximum Gasteiger partial charge on any atom is 0.228 e. The van der Waals surface area contributed by atoms with Gasteiger partial charge in [0.2, 0.25) is 24.3 Å². The van der Waals surface area contributed by atoms with Gasteiger partial charge in [-0.05, 0) is 37.7 Å². The van der Waals surface area contributed by atoms with E-state index in [4.69, 9.17) is 4.98 Å². The molecule has 0 amide bonds. The molecule has 0 radical (unpaired) electrons. The van der Waals surface area contributed by atoms with Crippen LogP contribution in [0.2, 0.25) is 0 Å². The molecule has 0 aliphatic heterocycles. The van der Waals surface area contributed by atoms with Gasteiger partial charge >= 0.3 is 0 Å². The van der Waals surface area contributed by atoms with Gasteiger partial charge in [-0.25, -0.2) is 0 Å². The van der Waals surface area contributed by atoms with Crippen LogP contribution in [0.5, 0.6) is 0 Å². The predicted octanol–water partition coefficient (Wildman–Crippen LogP) is 1.94. The van der Waals surface area contributed by atoms with Gasteiger partial charge in [0.25, 0.3) is 0 Å². The highest BCUT2D eigenvalue weighted by atomic mass is 16.5. The Balaban J connectivity index is 1.59. The highest BCUT2D eigenvalue weighted by Crippen LogP contribution is 2.40. The topological polar surface area (TPSA) is 119 Å². The van der Waals surface area contributed by atoms with Gasteiger partial charge in [0, 0.05) is 60.3 Å². The summed E-state index contributed by atoms with van der Waals surface area (Å²) < 4.78 is 1.03. The lowest BCUT2D eigenvalue weighted by Crippen LogP contribution is -2.35. The number of rotatable bonds is 9. The number of aromatic nitrogens is 4. The molecule has 0 unspecified atom stereocenters. The fourth-order valence-electron chi connectivity index (χ4n) is 4.14. The summed E-state index contributed by atoms with van der Waals surface area (Å²) in [7, 11) is 1.88. The van der Waals surface area contributed by atoms with Crippen molar-refractivity contribution in [2.75, 3.05) is 24.3 Å². The predicted molar refractivity (Wildman–Crippen MR) is 117 cm³/mol. The van der Waals surface area contributed by atoms with E-state index in [1.807, 2.05) is 19.3 Å². The average Bonchev–Trinajstić information content (AvgIpc) is 3.61. The number of aliphatic hydroxyl groups excluding tert-OH is 1. The zero-order valence-corrected chi connectivity index (χ0v) is 18.0. The van der Waals surface area contributed by atoms with Crippen LogP contribution in [-0.4, -0.2) is 45.0 Å². The molecule has 5 N–H and O–H groups in total. The van der Waals surface area contributed by atoms with E-state index in [1.165, 1.54) is 0 Å². The molecule has 166 valence electrons. The number of nitrogens with one attached hydrogen (secondary N) is 3. The van der Waals surface area contributed by atoms with Gasteiger partial charge in [0.05, 0.1) is 0 Å². The van der Waals surface area contributed by atoms with Crippen LogP contribution < -0.4 is 20.7 Å². The van der Waals surface area contributed by atoms with Crippen molar-refractivity contribution in [1.82, 2.24) is 20.3 Å². The highest BCUT2D eigenvalue weighted by molar-refractivity contribution is 5.65. The number of nitrogens with zero attached hydrogens (tertiary/aromatic N) is 4. The van der Waals surface area contributed by atoms with E-state index in [0.717, 1.165) is 54.4 Å². The van der Waals surface area contributed by atoms with Gasteiger partial charge < -0.3 is 21.1 Å². The number of hydrogen-bond donors (Lipinski definition) is 5. The second kappa shape index (κ2) is 9.91. The van der Waals surface area contributed by atoms with E-state index < -0.39 is 0 Å². The normalized spacial score (nSPS) is 21.5. The minimum Gasteiger partial charge on any atom is -0.396 e. The van der Waals surface area contributed by atoms with Crippen molar-refractivity contribution in [2.45, 2.75) is 51.1 Å². The maximum absolute atomic E-state index is 9.78. The van der Waals surface area contributed by atoms with Crippen molar-refractivity contribution < 1.29 is 15.0 Å². The van der Waals surface area contributed by atoms with E-state index in [9.17, 15) is 10.3 Å². The third-order valence-electron chi connectivity index (χ3n) is 5.97. The summed E-state index contributed by atoms with van der Waals surface area (Å²) in [4.78, 5) is 14.0. The fourth-order valence-corrected chi connectivity index (χ4v) is 4.14. The summed E-state index contributed by atoms with van der Waals surface area (Å²) in [6.45, 7) is 0.643. The number of hydrogen-bond acceptors (Lipinski definition) is 8. The highest BCUT2D eigenvalue weighted by Gasteiger charge is 2.30. The van der Waals surface area contributed by atoms with E-state index in [0.29, 0.717) is 30.2 Å². The molecule has 2 saturated carbocycles. The summed E-state index contributed by atoms with van der Waals surface area (Å²) in [6, 6.07) is 3.86. The third-order valence-corrected chi connectivity index (χ3v) is 5.97. The van der Waals surface area contributed by atoms with Gasteiger partial charge in [0.15, 0.2) is 5.82 Å². The molecule has 0 aromatic carbocycles. The molecule has 2 aliphatic rings. The Kier molecular flexibility index (Phi) is 6.81. The first kappa shape index (κ1) is 21.3. The molecule has 9 heteroatoms. The lowest BCUT2D eigenvalue weighted by molar-refractivity contribution is -0.905. The van der Waals surface area contributed by atoms with Crippen LogP contribution in [0, 0.1) is 11.8 Å². The molecule has 2 aromatic heterocycles. The van der Waals surface area contributed by atoms with E-state index in [2.05, 4.69) is 25.9 Å². The SMILES string of the molecule is CNC=C(c1nc(NCc2ccc[n+](O)c2)nc(N[C@H]2CCCC[C@H]2CO)n1)C1CC1. The molecule has 4 rings (SSSR count). The molecule has 0 saturated heterocycles. The van der Waals surface area contributed by atoms with Gasteiger partial charge in [-0.1, -0.05) is 12.8 Å². The largest absolute Gasteiger partial charge is 0.396 e. The Morgan fingerprint density at radius 1 is 1.16 bits per heavy atom. The van der Waals surface area contributed by atoms with E-state index in [-0.39, 0.29) is 18.6 Å². The molecule has 2 fully saturated rings. The third kappa shape index (κ3) is 5.61. The van der Waals surface area contributed by atoms with Gasteiger partial charge in [-0.3, -0.25) is 5.21 Å². The second-order valence-electron chi connectivity index (χ2n) is 8.39. The minimum absolute atomic E-state index is 0.155. The summed E-state index contributed by atoms with van der Waals surface area (Å²) >= 11 is 0. The molecule has 2 atom stereocenters. The summed E-state index contributed by atoms with van der Waals surface area (Å²) in [5.41, 5.74) is 1.99. The van der Waals surface area contributed by atoms with Crippen molar-refractivity contribution in [3.63, 3.8) is 0 Å². The Morgan fingerprint density at radius 3 is 2.71 bits per heavy atom. The van der Waals surface area contributed by atoms with Crippen molar-refractivity contribution in [3.05, 3.63) is 42.1 Å². The van der Waals surface area contributed by atoms with Gasteiger partial charge in [-0.15, -0.1) is 0 Å². The molecule has 0 spiro atoms. The molecular weight excluding hydrogens is 394 g/mol. The van der Waals surface area contributed by atoms with Crippen LogP contribution in [0.15, 0.2) is 30.7 Å². The van der Waals surface area contributed by atoms with Crippen LogP contribution in [0.3, 0.4) is 0 Å². The smallest absolute Gasteiger partial charge is 0.228 e. The van der Waals surface area contributed by atoms with E-state index >= 15 is 0 Å². The maximum atomic E-state index is 9.78. The first-order valence-electron chi connectivity index (χ1n) is 11.1. The number of aliphatic hydroxyl groups is 1. The minimum atomic E-state index is 0.155. The molecule has 2 aliphatic carbocycles. The second-order valence-corrected chi connectivity index (χ2v) is 8.39. The summed E-state index contributed by atoms with van der Waals surface area (Å²) in [5.74, 6) is 2.37. The lowest BCUT2D eigenvalue weighted by Gasteiger charge is -2.31. The lowest BCUT2D eigenvalue weighted by atomic mass is 9.85. The number of anilines is 2. The zero-order valence-electron chi connectivity index (χ0n) is 18.0. The van der Waals surface area contributed by atoms with Gasteiger partial charge in [0.1, 0.15) is 0 Å². The fraction of sp³-hybridized carbons (Fsp3) is 0.545. The van der Waals surface area contributed by atoms with Crippen molar-refractivity contribution >= 4 is 17.5 Å². The van der Waals surface area contributed by atoms with Crippen molar-refractivity contribution in [3.8, 4) is 0 Å². The van der Waals surface area contributed by atoms with E-state index in [1.54, 1.807) is 18.5 Å². The molecular formula is C22H32N7O2+. The quantitative estimate of drug-likeness (QED) is 0.305.